The summed E-state index contributed by atoms with van der Waals surface area (Å²) >= 11 is 2.08. The first-order valence-corrected chi connectivity index (χ1v) is 6.85. The summed E-state index contributed by atoms with van der Waals surface area (Å²) in [5.41, 5.74) is 0. The Kier molecular flexibility index (Phi) is 6.65. The van der Waals surface area contributed by atoms with E-state index in [0.717, 1.165) is 12.6 Å². The van der Waals surface area contributed by atoms with E-state index >= 15 is 0 Å². The molecule has 1 fully saturated rings. The molecule has 0 aromatic carbocycles. The maximum atomic E-state index is 5.23. The van der Waals surface area contributed by atoms with Gasteiger partial charge in [-0.05, 0) is 30.8 Å². The van der Waals surface area contributed by atoms with Crippen molar-refractivity contribution in [2.45, 2.75) is 44.7 Å². The molecule has 1 aliphatic heterocycles. The fraction of sp³-hybridized carbons (Fsp3) is 1.00. The van der Waals surface area contributed by atoms with Crippen molar-refractivity contribution in [3.63, 3.8) is 0 Å². The van der Waals surface area contributed by atoms with E-state index in [1.54, 1.807) is 7.11 Å². The summed E-state index contributed by atoms with van der Waals surface area (Å²) in [7, 11) is 1.79. The summed E-state index contributed by atoms with van der Waals surface area (Å²) < 4.78 is 5.23. The Labute approximate surface area is 92.2 Å². The molecule has 84 valence electrons. The Bertz CT molecular complexity index is 131. The van der Waals surface area contributed by atoms with Gasteiger partial charge in [-0.15, -0.1) is 0 Å². The van der Waals surface area contributed by atoms with E-state index in [1.165, 1.54) is 37.2 Å². The van der Waals surface area contributed by atoms with Crippen LogP contribution in [0.4, 0.5) is 0 Å². The van der Waals surface area contributed by atoms with Crippen LogP contribution in [0.2, 0.25) is 0 Å². The molecule has 0 radical (unpaired) electrons. The SMILES string of the molecule is CCCC(COC)NC1CCSCC1. The second-order valence-corrected chi connectivity index (χ2v) is 5.22. The summed E-state index contributed by atoms with van der Waals surface area (Å²) in [6, 6.07) is 1.31. The highest BCUT2D eigenvalue weighted by Gasteiger charge is 2.17. The fourth-order valence-electron chi connectivity index (χ4n) is 1.96. The average Bonchev–Trinajstić information content (AvgIpc) is 2.20. The molecule has 1 unspecified atom stereocenters. The topological polar surface area (TPSA) is 21.3 Å². The Hall–Kier alpha value is 0.270. The van der Waals surface area contributed by atoms with Gasteiger partial charge in [-0.25, -0.2) is 0 Å². The lowest BCUT2D eigenvalue weighted by Gasteiger charge is -2.27. The molecule has 0 aliphatic carbocycles. The zero-order valence-electron chi connectivity index (χ0n) is 9.42. The van der Waals surface area contributed by atoms with Gasteiger partial charge in [-0.1, -0.05) is 13.3 Å². The van der Waals surface area contributed by atoms with Crippen LogP contribution in [0.5, 0.6) is 0 Å². The first-order valence-electron chi connectivity index (χ1n) is 5.69. The van der Waals surface area contributed by atoms with Gasteiger partial charge < -0.3 is 10.1 Å². The van der Waals surface area contributed by atoms with Crippen molar-refractivity contribution in [1.82, 2.24) is 5.32 Å². The number of thioether (sulfide) groups is 1. The monoisotopic (exact) mass is 217 g/mol. The maximum Gasteiger partial charge on any atom is 0.0615 e. The van der Waals surface area contributed by atoms with Gasteiger partial charge in [0.15, 0.2) is 0 Å². The molecule has 1 heterocycles. The standard InChI is InChI=1S/C11H23NOS/c1-3-4-11(9-13-2)12-10-5-7-14-8-6-10/h10-12H,3-9H2,1-2H3. The van der Waals surface area contributed by atoms with Gasteiger partial charge in [-0.3, -0.25) is 0 Å². The fourth-order valence-corrected chi connectivity index (χ4v) is 3.07. The molecule has 0 amide bonds. The molecule has 1 aliphatic rings. The molecular weight excluding hydrogens is 194 g/mol. The van der Waals surface area contributed by atoms with Crippen molar-refractivity contribution in [2.24, 2.45) is 0 Å². The second-order valence-electron chi connectivity index (χ2n) is 3.99. The largest absolute Gasteiger partial charge is 0.383 e. The smallest absolute Gasteiger partial charge is 0.0615 e. The molecule has 1 N–H and O–H groups in total. The number of rotatable bonds is 6. The van der Waals surface area contributed by atoms with Crippen molar-refractivity contribution in [1.29, 1.82) is 0 Å². The van der Waals surface area contributed by atoms with Crippen molar-refractivity contribution < 1.29 is 4.74 Å². The Morgan fingerprint density at radius 3 is 2.71 bits per heavy atom. The van der Waals surface area contributed by atoms with E-state index in [1.807, 2.05) is 0 Å². The van der Waals surface area contributed by atoms with E-state index in [0.29, 0.717) is 6.04 Å². The van der Waals surface area contributed by atoms with E-state index in [2.05, 4.69) is 24.0 Å². The van der Waals surface area contributed by atoms with Crippen LogP contribution < -0.4 is 5.32 Å². The molecule has 0 bridgehead atoms. The first-order chi connectivity index (χ1) is 6.86. The van der Waals surface area contributed by atoms with Gasteiger partial charge >= 0.3 is 0 Å². The van der Waals surface area contributed by atoms with Crippen LogP contribution in [0, 0.1) is 0 Å². The van der Waals surface area contributed by atoms with E-state index < -0.39 is 0 Å². The molecule has 14 heavy (non-hydrogen) atoms. The molecule has 0 saturated carbocycles. The minimum absolute atomic E-state index is 0.568. The van der Waals surface area contributed by atoms with Crippen LogP contribution in [0.25, 0.3) is 0 Å². The minimum atomic E-state index is 0.568. The lowest BCUT2D eigenvalue weighted by Crippen LogP contribution is -2.42. The Balaban J connectivity index is 2.21. The van der Waals surface area contributed by atoms with Crippen molar-refractivity contribution >= 4 is 11.8 Å². The third-order valence-electron chi connectivity index (χ3n) is 2.70. The second kappa shape index (κ2) is 7.55. The van der Waals surface area contributed by atoms with Crippen molar-refractivity contribution in [3.05, 3.63) is 0 Å². The van der Waals surface area contributed by atoms with E-state index in [4.69, 9.17) is 4.74 Å². The summed E-state index contributed by atoms with van der Waals surface area (Å²) in [6.07, 6.45) is 5.13. The Morgan fingerprint density at radius 2 is 2.14 bits per heavy atom. The van der Waals surface area contributed by atoms with Crippen LogP contribution >= 0.6 is 11.8 Å². The van der Waals surface area contributed by atoms with Crippen LogP contribution in [0.3, 0.4) is 0 Å². The zero-order chi connectivity index (χ0) is 10.2. The Morgan fingerprint density at radius 1 is 1.43 bits per heavy atom. The van der Waals surface area contributed by atoms with Crippen molar-refractivity contribution in [3.8, 4) is 0 Å². The first kappa shape index (κ1) is 12.3. The third kappa shape index (κ3) is 4.67. The van der Waals surface area contributed by atoms with E-state index in [-0.39, 0.29) is 0 Å². The lowest BCUT2D eigenvalue weighted by atomic mass is 10.1. The number of ether oxygens (including phenoxy) is 1. The normalized spacial score (nSPS) is 21.0. The molecule has 2 nitrogen and oxygen atoms in total. The summed E-state index contributed by atoms with van der Waals surface area (Å²) in [6.45, 7) is 3.10. The molecular formula is C11H23NOS. The zero-order valence-corrected chi connectivity index (χ0v) is 10.2. The van der Waals surface area contributed by atoms with Gasteiger partial charge in [-0.2, -0.15) is 11.8 Å². The third-order valence-corrected chi connectivity index (χ3v) is 3.75. The quantitative estimate of drug-likeness (QED) is 0.737. The summed E-state index contributed by atoms with van der Waals surface area (Å²) in [4.78, 5) is 0. The van der Waals surface area contributed by atoms with Crippen LogP contribution in [0.1, 0.15) is 32.6 Å². The number of hydrogen-bond donors (Lipinski definition) is 1. The van der Waals surface area contributed by atoms with Crippen LogP contribution in [-0.2, 0) is 4.74 Å². The van der Waals surface area contributed by atoms with Gasteiger partial charge in [0.1, 0.15) is 0 Å². The lowest BCUT2D eigenvalue weighted by molar-refractivity contribution is 0.154. The number of methoxy groups -OCH3 is 1. The average molecular weight is 217 g/mol. The molecule has 3 heteroatoms. The van der Waals surface area contributed by atoms with Crippen LogP contribution in [-0.4, -0.2) is 37.3 Å². The summed E-state index contributed by atoms with van der Waals surface area (Å²) in [5, 5.41) is 3.72. The van der Waals surface area contributed by atoms with Crippen LogP contribution in [0.15, 0.2) is 0 Å². The van der Waals surface area contributed by atoms with Crippen molar-refractivity contribution in [2.75, 3.05) is 25.2 Å². The molecule has 0 aromatic heterocycles. The number of nitrogens with one attached hydrogen (secondary N) is 1. The molecule has 0 aromatic rings. The molecule has 1 rings (SSSR count). The number of hydrogen-bond acceptors (Lipinski definition) is 3. The molecule has 0 spiro atoms. The predicted octanol–water partition coefficient (Wildman–Crippen LogP) is 2.29. The maximum absolute atomic E-state index is 5.23. The highest BCUT2D eigenvalue weighted by molar-refractivity contribution is 7.99. The predicted molar refractivity (Wildman–Crippen MR) is 64.1 cm³/mol. The van der Waals surface area contributed by atoms with Gasteiger partial charge in [0.2, 0.25) is 0 Å². The van der Waals surface area contributed by atoms with E-state index in [9.17, 15) is 0 Å². The molecule has 1 atom stereocenters. The molecule has 1 saturated heterocycles. The van der Waals surface area contributed by atoms with Gasteiger partial charge in [0.05, 0.1) is 6.61 Å². The highest BCUT2D eigenvalue weighted by atomic mass is 32.2. The minimum Gasteiger partial charge on any atom is -0.383 e. The summed E-state index contributed by atoms with van der Waals surface area (Å²) in [5.74, 6) is 2.65. The van der Waals surface area contributed by atoms with Gasteiger partial charge in [0.25, 0.3) is 0 Å². The van der Waals surface area contributed by atoms with Gasteiger partial charge in [0, 0.05) is 19.2 Å². The highest BCUT2D eigenvalue weighted by Crippen LogP contribution is 2.17.